The zero-order valence-corrected chi connectivity index (χ0v) is 17.4. The van der Waals surface area contributed by atoms with Gasteiger partial charge in [0.15, 0.2) is 0 Å². The number of phenols is 2. The van der Waals surface area contributed by atoms with Gasteiger partial charge in [-0.05, 0) is 0 Å². The summed E-state index contributed by atoms with van der Waals surface area (Å²) in [5.41, 5.74) is 6.01. The van der Waals surface area contributed by atoms with Gasteiger partial charge in [-0.25, -0.2) is 0 Å². The van der Waals surface area contributed by atoms with Gasteiger partial charge >= 0.3 is 160 Å². The van der Waals surface area contributed by atoms with Crippen LogP contribution in [0.15, 0.2) is 48.5 Å². The molecule has 12 rings (SSSR count). The summed E-state index contributed by atoms with van der Waals surface area (Å²) in [6.07, 6.45) is 1.05. The first kappa shape index (κ1) is 12.9. The first-order valence-electron chi connectivity index (χ1n) is 11.4. The van der Waals surface area contributed by atoms with Crippen molar-refractivity contribution in [3.05, 3.63) is 59.7 Å². The second-order valence-electron chi connectivity index (χ2n) is 14.0. The van der Waals surface area contributed by atoms with E-state index >= 15 is 0 Å². The normalized spacial score (nSPS) is 75.6. The Morgan fingerprint density at radius 1 is 0.724 bits per heavy atom. The molecule has 10 saturated heterocycles. The Morgan fingerprint density at radius 2 is 1.17 bits per heavy atom. The predicted octanol–water partition coefficient (Wildman–Crippen LogP) is 7.18. The van der Waals surface area contributed by atoms with Crippen molar-refractivity contribution in [3.63, 3.8) is 0 Å². The maximum atomic E-state index is 9.99. The molecular weight excluding hydrogens is 400 g/mol. The Morgan fingerprint density at radius 3 is 1.52 bits per heavy atom. The van der Waals surface area contributed by atoms with Gasteiger partial charge in [0.2, 0.25) is 0 Å². The van der Waals surface area contributed by atoms with Gasteiger partial charge in [0.25, 0.3) is 0 Å². The molecule has 29 heavy (non-hydrogen) atoms. The molecule has 0 bridgehead atoms. The maximum absolute atomic E-state index is 9.99. The van der Waals surface area contributed by atoms with Crippen molar-refractivity contribution < 1.29 is 16.7 Å². The predicted molar refractivity (Wildman–Crippen MR) is 110 cm³/mol. The number of allylic oxidation sites excluding steroid dienone is 2. The number of hydrogen-bond acceptors (Lipinski definition) is 2. The average molecular weight is 424 g/mol. The van der Waals surface area contributed by atoms with E-state index in [1.807, 2.05) is 24.3 Å². The van der Waals surface area contributed by atoms with Gasteiger partial charge in [0, 0.05) is 0 Å². The van der Waals surface area contributed by atoms with Crippen LogP contribution in [0.2, 0.25) is 47.7 Å². The van der Waals surface area contributed by atoms with Crippen LogP contribution in [-0.2, 0) is 6.51 Å². The zero-order chi connectivity index (χ0) is 18.8. The molecule has 2 aromatic carbocycles. The summed E-state index contributed by atoms with van der Waals surface area (Å²) in [7, 11) is 0. The van der Waals surface area contributed by atoms with E-state index in [4.69, 9.17) is 0 Å². The summed E-state index contributed by atoms with van der Waals surface area (Å²) in [6, 6.07) is 16.2. The van der Waals surface area contributed by atoms with Gasteiger partial charge in [0.05, 0.1) is 0 Å². The molecule has 4 unspecified atom stereocenters. The third kappa shape index (κ3) is 0.246. The Bertz CT molecular complexity index is 1590. The molecule has 10 fully saturated rings. The van der Waals surface area contributed by atoms with E-state index in [1.165, 1.54) is 54.5 Å². The number of benzene rings is 2. The van der Waals surface area contributed by atoms with Crippen LogP contribution in [0.1, 0.15) is 24.5 Å². The molecule has 0 amide bonds. The van der Waals surface area contributed by atoms with Crippen LogP contribution in [0.25, 0.3) is 11.1 Å². The Hall–Kier alpha value is -1.70. The molecule has 4 atom stereocenters. The SMILES string of the molecule is CCC(=C(c1ccc(O)cc1)[C]12[CH]3[CH]4[CH]5[CH]1[Fe]45321678[CH]2[CH]1[CH]6[CH]7[CH]28)c1ccc(O)cc1. The first-order chi connectivity index (χ1) is 13.9. The van der Waals surface area contributed by atoms with Crippen molar-refractivity contribution in [1.82, 2.24) is 0 Å². The molecule has 10 aliphatic heterocycles. The van der Waals surface area contributed by atoms with E-state index in [1.54, 1.807) is 11.1 Å². The molecule has 1 spiro atoms. The number of phenolic OH excluding ortho intramolecular Hbond substituents is 2. The standard InChI is InChI=1S/C21H19O2.C5H5.Fe/c1-2-20(15-7-11-18(22)12-8-15)21(16-5-3-4-6-16)17-9-13-19(23)14-10-17;1-2-4-5-3-1;/h3-14,22-23H,2H2,1H3;1-5H;. The topological polar surface area (TPSA) is 40.5 Å². The summed E-state index contributed by atoms with van der Waals surface area (Å²) in [5.74, 6) is 0.731. The molecule has 2 nitrogen and oxygen atoms in total. The molecule has 0 aromatic heterocycles. The van der Waals surface area contributed by atoms with Gasteiger partial charge in [-0.2, -0.15) is 0 Å². The van der Waals surface area contributed by atoms with Crippen LogP contribution in [0, 0.1) is 0 Å². The van der Waals surface area contributed by atoms with Crippen LogP contribution < -0.4 is 0 Å². The molecular formula is C26H24FeO2. The van der Waals surface area contributed by atoms with Gasteiger partial charge in [-0.1, -0.05) is 0 Å². The van der Waals surface area contributed by atoms with Gasteiger partial charge < -0.3 is 0 Å². The molecule has 2 N–H and O–H groups in total. The third-order valence-corrected chi connectivity index (χ3v) is 60.4. The molecule has 148 valence electrons. The summed E-state index contributed by atoms with van der Waals surface area (Å²) >= 11 is 0. The van der Waals surface area contributed by atoms with E-state index in [-0.39, 0.29) is 0 Å². The minimum atomic E-state index is -3.34. The molecule has 2 aromatic rings. The van der Waals surface area contributed by atoms with Crippen molar-refractivity contribution in [2.24, 2.45) is 0 Å². The van der Waals surface area contributed by atoms with Crippen LogP contribution in [-0.4, -0.2) is 10.2 Å². The van der Waals surface area contributed by atoms with E-state index in [9.17, 15) is 10.2 Å². The fourth-order valence-corrected chi connectivity index (χ4v) is 93.4. The van der Waals surface area contributed by atoms with Gasteiger partial charge in [0.1, 0.15) is 0 Å². The van der Waals surface area contributed by atoms with Gasteiger partial charge in [-0.15, -0.1) is 0 Å². The molecule has 3 heteroatoms. The summed E-state index contributed by atoms with van der Waals surface area (Å²) < 4.78 is 0.666. The number of fused-ring (bicyclic) bond motifs is 10. The van der Waals surface area contributed by atoms with Crippen molar-refractivity contribution in [3.8, 4) is 11.5 Å². The Balaban J connectivity index is 1.26. The van der Waals surface area contributed by atoms with Crippen LogP contribution >= 0.6 is 0 Å². The zero-order valence-electron chi connectivity index (χ0n) is 16.3. The summed E-state index contributed by atoms with van der Waals surface area (Å²) in [6.45, 7) is -1.01. The first-order valence-corrected chi connectivity index (χ1v) is 17.7. The number of aromatic hydroxyl groups is 2. The number of rotatable bonds is 4. The Labute approximate surface area is 159 Å². The molecule has 10 aliphatic rings. The third-order valence-electron chi connectivity index (χ3n) is 18.1. The van der Waals surface area contributed by atoms with Crippen LogP contribution in [0.5, 0.6) is 11.5 Å². The summed E-state index contributed by atoms with van der Waals surface area (Å²) in [5, 5.41) is 19.9. The fourth-order valence-electron chi connectivity index (χ4n) is 19.3. The van der Waals surface area contributed by atoms with Crippen molar-refractivity contribution in [2.75, 3.05) is 0 Å². The second kappa shape index (κ2) is 1.58. The average Bonchev–Trinajstić information content (AvgIpc) is 3.67. The van der Waals surface area contributed by atoms with E-state index in [0.29, 0.717) is 15.8 Å². The molecule has 0 aliphatic carbocycles. The fraction of sp³-hybridized carbons (Fsp3) is 0.462. The van der Waals surface area contributed by atoms with E-state index < -0.39 is 6.51 Å². The van der Waals surface area contributed by atoms with E-state index in [0.717, 1.165) is 6.42 Å². The molecule has 0 saturated carbocycles. The van der Waals surface area contributed by atoms with Gasteiger partial charge in [-0.3, -0.25) is 0 Å². The van der Waals surface area contributed by atoms with Crippen molar-refractivity contribution >= 4 is 11.1 Å². The van der Waals surface area contributed by atoms with Crippen molar-refractivity contribution in [1.29, 1.82) is 0 Å². The van der Waals surface area contributed by atoms with Crippen LogP contribution in [0.4, 0.5) is 0 Å². The van der Waals surface area contributed by atoms with Crippen LogP contribution in [0.3, 0.4) is 0 Å². The Kier molecular flexibility index (Phi) is 0.700. The number of hydrogen-bond donors (Lipinski definition) is 2. The van der Waals surface area contributed by atoms with Crippen molar-refractivity contribution in [2.45, 2.75) is 61.0 Å². The summed E-state index contributed by atoms with van der Waals surface area (Å²) in [4.78, 5) is 11.5. The molecule has 0 radical (unpaired) electrons. The molecule has 10 heterocycles. The second-order valence-corrected chi connectivity index (χ2v) is 37.5. The quantitative estimate of drug-likeness (QED) is 0.403. The monoisotopic (exact) mass is 424 g/mol. The minimum absolute atomic E-state index is 0.355. The van der Waals surface area contributed by atoms with E-state index in [2.05, 4.69) is 31.2 Å².